The van der Waals surface area contributed by atoms with Gasteiger partial charge in [0, 0.05) is 19.2 Å². The largest absolute Gasteiger partial charge is 0.481 e. The second-order valence-corrected chi connectivity index (χ2v) is 4.76. The summed E-state index contributed by atoms with van der Waals surface area (Å²) in [5.41, 5.74) is 0. The first-order valence-corrected chi connectivity index (χ1v) is 6.48. The third-order valence-electron chi connectivity index (χ3n) is 2.63. The number of pyridine rings is 1. The number of rotatable bonds is 6. The quantitative estimate of drug-likeness (QED) is 0.871. The van der Waals surface area contributed by atoms with Gasteiger partial charge in [-0.05, 0) is 18.6 Å². The molecule has 0 fully saturated rings. The lowest BCUT2D eigenvalue weighted by molar-refractivity contribution is -0.140. The van der Waals surface area contributed by atoms with Crippen LogP contribution in [-0.2, 0) is 9.59 Å². The molecule has 0 aromatic carbocycles. The van der Waals surface area contributed by atoms with Gasteiger partial charge < -0.3 is 5.11 Å². The third kappa shape index (κ3) is 4.52. The van der Waals surface area contributed by atoms with E-state index in [2.05, 4.69) is 4.98 Å². The first-order valence-electron chi connectivity index (χ1n) is 6.10. The van der Waals surface area contributed by atoms with Crippen molar-refractivity contribution in [3.63, 3.8) is 0 Å². The van der Waals surface area contributed by atoms with Crippen LogP contribution in [0, 0.1) is 5.92 Å². The fourth-order valence-electron chi connectivity index (χ4n) is 1.55. The van der Waals surface area contributed by atoms with E-state index in [0.29, 0.717) is 23.7 Å². The fraction of sp³-hybridized carbons (Fsp3) is 0.462. The first kappa shape index (κ1) is 15.4. The van der Waals surface area contributed by atoms with Crippen molar-refractivity contribution in [3.8, 4) is 0 Å². The molecular weight excluding hydrogens is 268 g/mol. The van der Waals surface area contributed by atoms with Gasteiger partial charge in [0.2, 0.25) is 5.91 Å². The summed E-state index contributed by atoms with van der Waals surface area (Å²) in [4.78, 5) is 28.4. The van der Waals surface area contributed by atoms with Gasteiger partial charge in [0.05, 0.1) is 10.9 Å². The summed E-state index contributed by atoms with van der Waals surface area (Å²) in [7, 11) is 0. The zero-order valence-electron chi connectivity index (χ0n) is 11.0. The minimum absolute atomic E-state index is 0.1000. The molecule has 1 amide bonds. The molecule has 1 aromatic rings. The van der Waals surface area contributed by atoms with Crippen molar-refractivity contribution in [2.24, 2.45) is 5.92 Å². The smallest absolute Gasteiger partial charge is 0.308 e. The van der Waals surface area contributed by atoms with Crippen molar-refractivity contribution in [2.45, 2.75) is 26.7 Å². The van der Waals surface area contributed by atoms with Crippen molar-refractivity contribution >= 4 is 29.3 Å². The van der Waals surface area contributed by atoms with Crippen LogP contribution in [0.2, 0.25) is 5.02 Å². The second kappa shape index (κ2) is 7.09. The predicted molar refractivity (Wildman–Crippen MR) is 73.3 cm³/mol. The highest BCUT2D eigenvalue weighted by Gasteiger charge is 2.22. The first-order chi connectivity index (χ1) is 8.95. The third-order valence-corrected chi connectivity index (χ3v) is 2.85. The van der Waals surface area contributed by atoms with Crippen LogP contribution in [0.3, 0.4) is 0 Å². The van der Waals surface area contributed by atoms with Crippen LogP contribution in [-0.4, -0.2) is 28.5 Å². The lowest BCUT2D eigenvalue weighted by atomic mass is 10.1. The highest BCUT2D eigenvalue weighted by atomic mass is 35.5. The van der Waals surface area contributed by atoms with E-state index in [4.69, 9.17) is 16.7 Å². The Morgan fingerprint density at radius 1 is 1.47 bits per heavy atom. The highest BCUT2D eigenvalue weighted by molar-refractivity contribution is 6.30. The molecule has 0 saturated heterocycles. The maximum atomic E-state index is 12.0. The molecule has 0 aliphatic heterocycles. The van der Waals surface area contributed by atoms with Crippen molar-refractivity contribution in [1.29, 1.82) is 0 Å². The summed E-state index contributed by atoms with van der Waals surface area (Å²) in [6.07, 6.45) is 2.50. The molecule has 5 nitrogen and oxygen atoms in total. The Bertz CT molecular complexity index is 448. The Morgan fingerprint density at radius 2 is 2.16 bits per heavy atom. The molecule has 1 atom stereocenters. The van der Waals surface area contributed by atoms with Gasteiger partial charge in [-0.3, -0.25) is 14.5 Å². The normalized spacial score (nSPS) is 11.9. The SMILES string of the molecule is CCCC(=O)N(CC(C)C(=O)O)c1ccc(Cl)cn1. The van der Waals surface area contributed by atoms with Gasteiger partial charge in [0.25, 0.3) is 0 Å². The molecule has 1 rings (SSSR count). The molecule has 0 spiro atoms. The minimum Gasteiger partial charge on any atom is -0.481 e. The second-order valence-electron chi connectivity index (χ2n) is 4.33. The maximum absolute atomic E-state index is 12.0. The van der Waals surface area contributed by atoms with Gasteiger partial charge in [-0.1, -0.05) is 25.4 Å². The zero-order chi connectivity index (χ0) is 14.4. The van der Waals surface area contributed by atoms with E-state index >= 15 is 0 Å². The number of nitrogens with zero attached hydrogens (tertiary/aromatic N) is 2. The van der Waals surface area contributed by atoms with E-state index in [0.717, 1.165) is 0 Å². The number of aliphatic carboxylic acids is 1. The number of anilines is 1. The van der Waals surface area contributed by atoms with E-state index in [-0.39, 0.29) is 12.5 Å². The predicted octanol–water partition coefficient (Wildman–Crippen LogP) is 2.59. The lowest BCUT2D eigenvalue weighted by Crippen LogP contribution is -2.37. The van der Waals surface area contributed by atoms with Crippen LogP contribution >= 0.6 is 11.6 Å². The molecule has 104 valence electrons. The van der Waals surface area contributed by atoms with Gasteiger partial charge in [-0.2, -0.15) is 0 Å². The molecule has 0 bridgehead atoms. The summed E-state index contributed by atoms with van der Waals surface area (Å²) >= 11 is 5.75. The molecule has 1 aromatic heterocycles. The summed E-state index contributed by atoms with van der Waals surface area (Å²) in [5.74, 6) is -1.30. The van der Waals surface area contributed by atoms with Crippen molar-refractivity contribution in [2.75, 3.05) is 11.4 Å². The van der Waals surface area contributed by atoms with Crippen molar-refractivity contribution in [1.82, 2.24) is 4.98 Å². The van der Waals surface area contributed by atoms with Gasteiger partial charge in [0.1, 0.15) is 5.82 Å². The van der Waals surface area contributed by atoms with E-state index in [1.54, 1.807) is 19.1 Å². The molecule has 6 heteroatoms. The molecule has 0 radical (unpaired) electrons. The Kier molecular flexibility index (Phi) is 5.76. The number of hydrogen-bond acceptors (Lipinski definition) is 3. The van der Waals surface area contributed by atoms with Crippen molar-refractivity contribution in [3.05, 3.63) is 23.4 Å². The van der Waals surface area contributed by atoms with Gasteiger partial charge in [-0.25, -0.2) is 4.98 Å². The Morgan fingerprint density at radius 3 is 2.63 bits per heavy atom. The lowest BCUT2D eigenvalue weighted by Gasteiger charge is -2.23. The van der Waals surface area contributed by atoms with Crippen LogP contribution in [0.25, 0.3) is 0 Å². The number of aromatic nitrogens is 1. The zero-order valence-corrected chi connectivity index (χ0v) is 11.7. The number of halogens is 1. The Hall–Kier alpha value is -1.62. The fourth-order valence-corrected chi connectivity index (χ4v) is 1.66. The molecule has 1 heterocycles. The van der Waals surface area contributed by atoms with Crippen molar-refractivity contribution < 1.29 is 14.7 Å². The van der Waals surface area contributed by atoms with Gasteiger partial charge >= 0.3 is 5.97 Å². The van der Waals surface area contributed by atoms with Gasteiger partial charge in [0.15, 0.2) is 0 Å². The van der Waals surface area contributed by atoms with Crippen LogP contribution in [0.5, 0.6) is 0 Å². The minimum atomic E-state index is -0.941. The molecule has 1 unspecified atom stereocenters. The molecule has 1 N–H and O–H groups in total. The van der Waals surface area contributed by atoms with E-state index in [9.17, 15) is 9.59 Å². The number of carboxylic acids is 1. The average molecular weight is 285 g/mol. The summed E-state index contributed by atoms with van der Waals surface area (Å²) < 4.78 is 0. The Labute approximate surface area is 117 Å². The molecule has 0 aliphatic rings. The summed E-state index contributed by atoms with van der Waals surface area (Å²) in [6.45, 7) is 3.55. The standard InChI is InChI=1S/C13H17ClN2O3/c1-3-4-12(17)16(8-9(2)13(18)19)11-6-5-10(14)7-15-11/h5-7,9H,3-4,8H2,1-2H3,(H,18,19). The number of amides is 1. The monoisotopic (exact) mass is 284 g/mol. The van der Waals surface area contributed by atoms with E-state index in [1.165, 1.54) is 11.1 Å². The van der Waals surface area contributed by atoms with Crippen LogP contribution in [0.4, 0.5) is 5.82 Å². The number of carbonyl (C=O) groups is 2. The van der Waals surface area contributed by atoms with E-state index < -0.39 is 11.9 Å². The number of carbonyl (C=O) groups excluding carboxylic acids is 1. The highest BCUT2D eigenvalue weighted by Crippen LogP contribution is 2.17. The topological polar surface area (TPSA) is 70.5 Å². The van der Waals surface area contributed by atoms with Gasteiger partial charge in [-0.15, -0.1) is 0 Å². The maximum Gasteiger partial charge on any atom is 0.308 e. The molecule has 19 heavy (non-hydrogen) atoms. The molecular formula is C13H17ClN2O3. The van der Waals surface area contributed by atoms with E-state index in [1.807, 2.05) is 6.92 Å². The number of carboxylic acid groups (broad SMARTS) is 1. The van der Waals surface area contributed by atoms with Crippen LogP contribution < -0.4 is 4.90 Å². The average Bonchev–Trinajstić information content (AvgIpc) is 2.37. The number of hydrogen-bond donors (Lipinski definition) is 1. The molecule has 0 saturated carbocycles. The van der Waals surface area contributed by atoms with Crippen LogP contribution in [0.1, 0.15) is 26.7 Å². The summed E-state index contributed by atoms with van der Waals surface area (Å²) in [5, 5.41) is 9.42. The summed E-state index contributed by atoms with van der Waals surface area (Å²) in [6, 6.07) is 3.24. The molecule has 0 aliphatic carbocycles. The van der Waals surface area contributed by atoms with Crippen LogP contribution in [0.15, 0.2) is 18.3 Å². The Balaban J connectivity index is 2.94.